The van der Waals surface area contributed by atoms with E-state index in [1.54, 1.807) is 0 Å². The molecule has 1 aliphatic heterocycles. The van der Waals surface area contributed by atoms with Crippen LogP contribution in [0.2, 0.25) is 0 Å². The number of rotatable bonds is 12. The van der Waals surface area contributed by atoms with E-state index in [2.05, 4.69) is 0 Å². The molecule has 0 radical (unpaired) electrons. The molecule has 5 unspecified atom stereocenters. The summed E-state index contributed by atoms with van der Waals surface area (Å²) in [5, 5.41) is 11.1. The van der Waals surface area contributed by atoms with Crippen LogP contribution in [0.4, 0.5) is 0 Å². The molecule has 5 rings (SSSR count). The fourth-order valence-corrected chi connectivity index (χ4v) is 4.68. The molecule has 1 aliphatic rings. The van der Waals surface area contributed by atoms with E-state index in [-0.39, 0.29) is 26.4 Å². The topological polar surface area (TPSA) is 83.5 Å². The molecule has 0 amide bonds. The predicted octanol–water partition coefficient (Wildman–Crippen LogP) is 5.20. The average molecular weight is 555 g/mol. The van der Waals surface area contributed by atoms with Gasteiger partial charge in [-0.2, -0.15) is 0 Å². The molecule has 212 valence electrons. The standard InChI is InChI=1S/C34H34O7/c35-33(40-24-28-19-11-4-12-20-28)32-30(38-22-26-15-7-2-8-16-26)29(37-21-25-13-5-1-6-14-25)31(34(36)41-32)39-23-27-17-9-3-10-18-27/h1-20,29-32,34,36H,21-24H2. The first-order valence-electron chi connectivity index (χ1n) is 13.7. The van der Waals surface area contributed by atoms with Crippen molar-refractivity contribution in [3.05, 3.63) is 144 Å². The second-order valence-corrected chi connectivity index (χ2v) is 9.82. The molecule has 7 nitrogen and oxygen atoms in total. The lowest BCUT2D eigenvalue weighted by atomic mass is 9.97. The lowest BCUT2D eigenvalue weighted by molar-refractivity contribution is -0.309. The molecule has 4 aromatic rings. The Morgan fingerprint density at radius 3 is 1.34 bits per heavy atom. The number of hydrogen-bond donors (Lipinski definition) is 1. The number of ether oxygens (including phenoxy) is 5. The third kappa shape index (κ3) is 8.10. The van der Waals surface area contributed by atoms with E-state index in [4.69, 9.17) is 23.7 Å². The van der Waals surface area contributed by atoms with Crippen LogP contribution in [-0.2, 0) is 54.9 Å². The SMILES string of the molecule is O=C(OCc1ccccc1)C1OC(O)C(OCc2ccccc2)C(OCc2ccccc2)C1OCc1ccccc1. The molecule has 0 spiro atoms. The lowest BCUT2D eigenvalue weighted by Gasteiger charge is -2.43. The molecule has 0 aromatic heterocycles. The summed E-state index contributed by atoms with van der Waals surface area (Å²) in [6, 6.07) is 38.3. The van der Waals surface area contributed by atoms with Crippen LogP contribution in [0.3, 0.4) is 0 Å². The minimum absolute atomic E-state index is 0.0600. The molecule has 4 aromatic carbocycles. The van der Waals surface area contributed by atoms with Gasteiger partial charge >= 0.3 is 5.97 Å². The van der Waals surface area contributed by atoms with Crippen molar-refractivity contribution in [3.8, 4) is 0 Å². The number of hydrogen-bond acceptors (Lipinski definition) is 7. The van der Waals surface area contributed by atoms with E-state index >= 15 is 0 Å². The van der Waals surface area contributed by atoms with Crippen molar-refractivity contribution < 1.29 is 33.6 Å². The molecule has 0 bridgehead atoms. The Labute approximate surface area is 240 Å². The highest BCUT2D eigenvalue weighted by Gasteiger charge is 2.51. The molecule has 1 N–H and O–H groups in total. The Hall–Kier alpha value is -3.85. The first-order chi connectivity index (χ1) is 20.2. The van der Waals surface area contributed by atoms with Crippen molar-refractivity contribution in [2.75, 3.05) is 0 Å². The van der Waals surface area contributed by atoms with Crippen molar-refractivity contribution in [1.29, 1.82) is 0 Å². The monoisotopic (exact) mass is 554 g/mol. The summed E-state index contributed by atoms with van der Waals surface area (Å²) in [5.41, 5.74) is 3.60. The van der Waals surface area contributed by atoms with Crippen LogP contribution < -0.4 is 0 Å². The van der Waals surface area contributed by atoms with Crippen LogP contribution in [0.1, 0.15) is 22.3 Å². The number of carbonyl (C=O) groups is 1. The summed E-state index contributed by atoms with van der Waals surface area (Å²) >= 11 is 0. The zero-order valence-electron chi connectivity index (χ0n) is 22.7. The first-order valence-corrected chi connectivity index (χ1v) is 13.7. The van der Waals surface area contributed by atoms with Crippen LogP contribution >= 0.6 is 0 Å². The molecular formula is C34H34O7. The number of aliphatic hydroxyl groups excluding tert-OH is 1. The summed E-state index contributed by atoms with van der Waals surface area (Å²) in [4.78, 5) is 13.4. The maximum atomic E-state index is 13.4. The maximum Gasteiger partial charge on any atom is 0.338 e. The fourth-order valence-electron chi connectivity index (χ4n) is 4.68. The van der Waals surface area contributed by atoms with Crippen molar-refractivity contribution >= 4 is 5.97 Å². The van der Waals surface area contributed by atoms with E-state index < -0.39 is 36.7 Å². The second-order valence-electron chi connectivity index (χ2n) is 9.82. The number of esters is 1. The van der Waals surface area contributed by atoms with Gasteiger partial charge in [-0.3, -0.25) is 0 Å². The Bertz CT molecular complexity index is 1320. The zero-order valence-corrected chi connectivity index (χ0v) is 22.7. The van der Waals surface area contributed by atoms with E-state index in [0.717, 1.165) is 22.3 Å². The van der Waals surface area contributed by atoms with Crippen LogP contribution in [0.15, 0.2) is 121 Å². The van der Waals surface area contributed by atoms with Gasteiger partial charge in [0.15, 0.2) is 12.4 Å². The van der Waals surface area contributed by atoms with Gasteiger partial charge < -0.3 is 28.8 Å². The molecule has 0 aliphatic carbocycles. The van der Waals surface area contributed by atoms with Gasteiger partial charge in [-0.05, 0) is 22.3 Å². The minimum atomic E-state index is -1.45. The number of aliphatic hydroxyl groups is 1. The van der Waals surface area contributed by atoms with Crippen LogP contribution in [0.25, 0.3) is 0 Å². The number of carbonyl (C=O) groups excluding carboxylic acids is 1. The van der Waals surface area contributed by atoms with Crippen LogP contribution in [-0.4, -0.2) is 41.8 Å². The minimum Gasteiger partial charge on any atom is -0.459 e. The van der Waals surface area contributed by atoms with Gasteiger partial charge in [0.1, 0.15) is 24.9 Å². The van der Waals surface area contributed by atoms with Crippen molar-refractivity contribution in [1.82, 2.24) is 0 Å². The molecule has 0 saturated carbocycles. The summed E-state index contributed by atoms with van der Waals surface area (Å²) in [6.07, 6.45) is -5.40. The van der Waals surface area contributed by atoms with Gasteiger partial charge in [0.05, 0.1) is 19.8 Å². The average Bonchev–Trinajstić information content (AvgIpc) is 3.03. The smallest absolute Gasteiger partial charge is 0.338 e. The third-order valence-electron chi connectivity index (χ3n) is 6.83. The Balaban J connectivity index is 1.40. The van der Waals surface area contributed by atoms with E-state index in [1.807, 2.05) is 121 Å². The Morgan fingerprint density at radius 1 is 0.537 bits per heavy atom. The summed E-state index contributed by atoms with van der Waals surface area (Å²) in [6.45, 7) is 0.695. The molecule has 41 heavy (non-hydrogen) atoms. The molecule has 5 atom stereocenters. The molecular weight excluding hydrogens is 520 g/mol. The normalized spacial score (nSPS) is 22.2. The highest BCUT2D eigenvalue weighted by Crippen LogP contribution is 2.30. The predicted molar refractivity (Wildman–Crippen MR) is 152 cm³/mol. The largest absolute Gasteiger partial charge is 0.459 e. The molecule has 1 heterocycles. The number of benzene rings is 4. The van der Waals surface area contributed by atoms with Crippen molar-refractivity contribution in [3.63, 3.8) is 0 Å². The van der Waals surface area contributed by atoms with E-state index in [9.17, 15) is 9.90 Å². The zero-order chi connectivity index (χ0) is 28.3. The van der Waals surface area contributed by atoms with Gasteiger partial charge in [0, 0.05) is 0 Å². The summed E-state index contributed by atoms with van der Waals surface area (Å²) in [7, 11) is 0. The van der Waals surface area contributed by atoms with Gasteiger partial charge in [0.2, 0.25) is 0 Å². The fraction of sp³-hybridized carbons (Fsp3) is 0.265. The first kappa shape index (κ1) is 28.7. The van der Waals surface area contributed by atoms with Gasteiger partial charge in [-0.15, -0.1) is 0 Å². The Morgan fingerprint density at radius 2 is 0.902 bits per heavy atom. The van der Waals surface area contributed by atoms with E-state index in [1.165, 1.54) is 0 Å². The third-order valence-corrected chi connectivity index (χ3v) is 6.83. The summed E-state index contributed by atoms with van der Waals surface area (Å²) in [5.74, 6) is -0.652. The molecule has 7 heteroatoms. The molecule has 1 fully saturated rings. The van der Waals surface area contributed by atoms with E-state index in [0.29, 0.717) is 0 Å². The highest BCUT2D eigenvalue weighted by molar-refractivity contribution is 5.76. The van der Waals surface area contributed by atoms with Crippen LogP contribution in [0, 0.1) is 0 Å². The highest BCUT2D eigenvalue weighted by atomic mass is 16.7. The Kier molecular flexibility index (Phi) is 10.3. The van der Waals surface area contributed by atoms with Crippen LogP contribution in [0.5, 0.6) is 0 Å². The second kappa shape index (κ2) is 14.7. The summed E-state index contributed by atoms with van der Waals surface area (Å²) < 4.78 is 30.4. The van der Waals surface area contributed by atoms with Gasteiger partial charge in [-0.1, -0.05) is 121 Å². The lowest BCUT2D eigenvalue weighted by Crippen LogP contribution is -2.62. The van der Waals surface area contributed by atoms with Crippen molar-refractivity contribution in [2.45, 2.75) is 57.1 Å². The molecule has 1 saturated heterocycles. The quantitative estimate of drug-likeness (QED) is 0.241. The maximum absolute atomic E-state index is 13.4. The van der Waals surface area contributed by atoms with Gasteiger partial charge in [0.25, 0.3) is 0 Å². The van der Waals surface area contributed by atoms with Crippen molar-refractivity contribution in [2.24, 2.45) is 0 Å². The van der Waals surface area contributed by atoms with Gasteiger partial charge in [-0.25, -0.2) is 4.79 Å².